The molecule has 0 spiro atoms. The molecule has 1 rings (SSSR count). The highest BCUT2D eigenvalue weighted by atomic mass is 19.1. The van der Waals surface area contributed by atoms with E-state index in [9.17, 15) is 4.39 Å². The Hall–Kier alpha value is -0.770. The van der Waals surface area contributed by atoms with Crippen LogP contribution in [0.15, 0.2) is 12.2 Å². The summed E-state index contributed by atoms with van der Waals surface area (Å²) in [5, 5.41) is 0. The van der Waals surface area contributed by atoms with Gasteiger partial charge in [0.2, 0.25) is 5.95 Å². The summed E-state index contributed by atoms with van der Waals surface area (Å²) in [5.41, 5.74) is 6.83. The van der Waals surface area contributed by atoms with Crippen LogP contribution in [-0.4, -0.2) is 0 Å². The van der Waals surface area contributed by atoms with Crippen molar-refractivity contribution in [1.29, 1.82) is 0 Å². The fraction of sp³-hybridized carbons (Fsp3) is 0. The SMILES string of the molecule is FC1=CNNN1. The summed E-state index contributed by atoms with van der Waals surface area (Å²) < 4.78 is 11.5. The molecule has 1 aliphatic rings. The van der Waals surface area contributed by atoms with Gasteiger partial charge < -0.3 is 5.43 Å². The third kappa shape index (κ3) is 0.414. The Labute approximate surface area is 34.2 Å². The fourth-order valence-corrected chi connectivity index (χ4v) is 0.231. The van der Waals surface area contributed by atoms with Gasteiger partial charge in [-0.3, -0.25) is 5.43 Å². The van der Waals surface area contributed by atoms with Crippen molar-refractivity contribution >= 4 is 0 Å². The lowest BCUT2D eigenvalue weighted by atomic mass is 10.9. The standard InChI is InChI=1S/C2H4FN3/c3-2-1-4-6-5-2/h1,4-6H. The second-order valence-electron chi connectivity index (χ2n) is 0.887. The molecule has 1 aliphatic heterocycles. The summed E-state index contributed by atoms with van der Waals surface area (Å²) >= 11 is 0. The molecule has 6 heavy (non-hydrogen) atoms. The summed E-state index contributed by atoms with van der Waals surface area (Å²) in [6.07, 6.45) is 1.18. The molecule has 0 unspecified atom stereocenters. The van der Waals surface area contributed by atoms with E-state index in [-0.39, 0.29) is 0 Å². The van der Waals surface area contributed by atoms with Gasteiger partial charge in [0.25, 0.3) is 0 Å². The molecular formula is C2H4FN3. The predicted molar refractivity (Wildman–Crippen MR) is 18.6 cm³/mol. The monoisotopic (exact) mass is 89.0 g/mol. The lowest BCUT2D eigenvalue weighted by Gasteiger charge is -1.88. The summed E-state index contributed by atoms with van der Waals surface area (Å²) in [6, 6.07) is 0. The molecule has 0 radical (unpaired) electrons. The van der Waals surface area contributed by atoms with Gasteiger partial charge in [0.05, 0.1) is 6.20 Å². The Balaban J connectivity index is 2.45. The molecule has 0 atom stereocenters. The van der Waals surface area contributed by atoms with Crippen molar-refractivity contribution in [3.63, 3.8) is 0 Å². The summed E-state index contributed by atoms with van der Waals surface area (Å²) in [6.45, 7) is 0. The average Bonchev–Trinajstić information content (AvgIpc) is 1.86. The minimum atomic E-state index is -0.394. The highest BCUT2D eigenvalue weighted by Gasteiger charge is 1.94. The normalized spacial score (nSPS) is 18.5. The topological polar surface area (TPSA) is 36.1 Å². The van der Waals surface area contributed by atoms with Crippen molar-refractivity contribution in [3.8, 4) is 0 Å². The molecule has 1 heterocycles. The van der Waals surface area contributed by atoms with E-state index in [1.807, 2.05) is 0 Å². The van der Waals surface area contributed by atoms with Gasteiger partial charge >= 0.3 is 0 Å². The van der Waals surface area contributed by atoms with Crippen molar-refractivity contribution < 1.29 is 4.39 Å². The van der Waals surface area contributed by atoms with Crippen LogP contribution in [0, 0.1) is 0 Å². The first kappa shape index (κ1) is 3.42. The van der Waals surface area contributed by atoms with Gasteiger partial charge in [0.15, 0.2) is 0 Å². The molecule has 0 saturated carbocycles. The number of hydrazine groups is 2. The number of nitrogens with one attached hydrogen (secondary N) is 3. The molecule has 0 aliphatic carbocycles. The first-order chi connectivity index (χ1) is 2.89. The highest BCUT2D eigenvalue weighted by molar-refractivity contribution is 4.88. The van der Waals surface area contributed by atoms with Crippen LogP contribution < -0.4 is 16.4 Å². The van der Waals surface area contributed by atoms with Crippen molar-refractivity contribution in [1.82, 2.24) is 16.4 Å². The first-order valence-electron chi connectivity index (χ1n) is 1.52. The van der Waals surface area contributed by atoms with E-state index in [1.165, 1.54) is 6.20 Å². The van der Waals surface area contributed by atoms with Crippen LogP contribution in [0.4, 0.5) is 4.39 Å². The minimum Gasteiger partial charge on any atom is -0.307 e. The second-order valence-corrected chi connectivity index (χ2v) is 0.887. The molecule has 0 aromatic heterocycles. The maximum Gasteiger partial charge on any atom is 0.219 e. The molecule has 0 bridgehead atoms. The van der Waals surface area contributed by atoms with E-state index in [2.05, 4.69) is 16.4 Å². The van der Waals surface area contributed by atoms with Crippen LogP contribution >= 0.6 is 0 Å². The molecule has 34 valence electrons. The van der Waals surface area contributed by atoms with Crippen LogP contribution in [0.2, 0.25) is 0 Å². The maximum atomic E-state index is 11.5. The van der Waals surface area contributed by atoms with E-state index in [0.29, 0.717) is 0 Å². The second kappa shape index (κ2) is 1.14. The molecule has 3 nitrogen and oxygen atoms in total. The smallest absolute Gasteiger partial charge is 0.219 e. The van der Waals surface area contributed by atoms with E-state index >= 15 is 0 Å². The molecule has 4 heteroatoms. The number of hydrogen-bond donors (Lipinski definition) is 3. The van der Waals surface area contributed by atoms with Gasteiger partial charge in [-0.15, -0.1) is 5.53 Å². The van der Waals surface area contributed by atoms with Gasteiger partial charge in [0.1, 0.15) is 0 Å². The van der Waals surface area contributed by atoms with Crippen LogP contribution in [0.25, 0.3) is 0 Å². The molecule has 0 amide bonds. The Bertz CT molecular complexity index is 78.9. The third-order valence-corrected chi connectivity index (χ3v) is 0.453. The Morgan fingerprint density at radius 1 is 1.67 bits per heavy atom. The summed E-state index contributed by atoms with van der Waals surface area (Å²) in [7, 11) is 0. The third-order valence-electron chi connectivity index (χ3n) is 0.453. The Morgan fingerprint density at radius 2 is 2.50 bits per heavy atom. The van der Waals surface area contributed by atoms with E-state index in [4.69, 9.17) is 0 Å². The predicted octanol–water partition coefficient (Wildman–Crippen LogP) is -0.633. The Kier molecular flexibility index (Phi) is 0.648. The van der Waals surface area contributed by atoms with E-state index < -0.39 is 5.95 Å². The summed E-state index contributed by atoms with van der Waals surface area (Å²) in [5.74, 6) is -0.394. The fourth-order valence-electron chi connectivity index (χ4n) is 0.231. The lowest BCUT2D eigenvalue weighted by molar-refractivity contribution is 0.503. The van der Waals surface area contributed by atoms with Crippen molar-refractivity contribution in [2.45, 2.75) is 0 Å². The number of hydrogen-bond acceptors (Lipinski definition) is 3. The minimum absolute atomic E-state index is 0.394. The number of halogens is 1. The van der Waals surface area contributed by atoms with Crippen LogP contribution in [-0.2, 0) is 0 Å². The molecule has 0 fully saturated rings. The largest absolute Gasteiger partial charge is 0.307 e. The quantitative estimate of drug-likeness (QED) is 0.346. The zero-order valence-electron chi connectivity index (χ0n) is 2.96. The van der Waals surface area contributed by atoms with Crippen molar-refractivity contribution in [2.75, 3.05) is 0 Å². The molecular weight excluding hydrogens is 85.0 g/mol. The van der Waals surface area contributed by atoms with Crippen molar-refractivity contribution in [3.05, 3.63) is 12.2 Å². The molecule has 0 aromatic carbocycles. The van der Waals surface area contributed by atoms with Crippen LogP contribution in [0.1, 0.15) is 0 Å². The Morgan fingerprint density at radius 3 is 2.67 bits per heavy atom. The van der Waals surface area contributed by atoms with Gasteiger partial charge in [-0.2, -0.15) is 4.39 Å². The zero-order chi connectivity index (χ0) is 4.41. The summed E-state index contributed by atoms with van der Waals surface area (Å²) in [4.78, 5) is 0. The lowest BCUT2D eigenvalue weighted by Crippen LogP contribution is -2.30. The van der Waals surface area contributed by atoms with Gasteiger partial charge in [0, 0.05) is 0 Å². The zero-order valence-corrected chi connectivity index (χ0v) is 2.96. The van der Waals surface area contributed by atoms with Gasteiger partial charge in [-0.05, 0) is 0 Å². The van der Waals surface area contributed by atoms with Crippen LogP contribution in [0.5, 0.6) is 0 Å². The molecule has 0 saturated heterocycles. The highest BCUT2D eigenvalue weighted by Crippen LogP contribution is 1.85. The maximum absolute atomic E-state index is 11.5. The van der Waals surface area contributed by atoms with E-state index in [1.54, 1.807) is 0 Å². The van der Waals surface area contributed by atoms with Gasteiger partial charge in [-0.25, -0.2) is 0 Å². The molecule has 0 aromatic rings. The van der Waals surface area contributed by atoms with Gasteiger partial charge in [-0.1, -0.05) is 0 Å². The number of rotatable bonds is 0. The van der Waals surface area contributed by atoms with E-state index in [0.717, 1.165) is 0 Å². The first-order valence-corrected chi connectivity index (χ1v) is 1.52. The van der Waals surface area contributed by atoms with Crippen molar-refractivity contribution in [2.24, 2.45) is 0 Å². The average molecular weight is 89.1 g/mol. The molecule has 3 N–H and O–H groups in total. The van der Waals surface area contributed by atoms with Crippen LogP contribution in [0.3, 0.4) is 0 Å².